The highest BCUT2D eigenvalue weighted by molar-refractivity contribution is 8.25. The molecule has 1 amide bonds. The Labute approximate surface area is 245 Å². The first-order chi connectivity index (χ1) is 19.7. The molecular weight excluding hydrogens is 536 g/mol. The summed E-state index contributed by atoms with van der Waals surface area (Å²) in [5.41, 5.74) is 5.20. The third-order valence-corrected chi connectivity index (χ3v) is 9.31. The molecule has 0 aromatic heterocycles. The van der Waals surface area contributed by atoms with Crippen molar-refractivity contribution >= 4 is 28.1 Å². The molecule has 6 N–H and O–H groups in total. The zero-order valence-corrected chi connectivity index (χ0v) is 24.9. The SMILES string of the molecule is CCNc1cc(C(=O)NC(Cc2ccccc2)C(O)CNCCc2ccc(C)cc2)cc(N2CCCCS2(O)O)c1. The monoisotopic (exact) mass is 580 g/mol. The predicted molar refractivity (Wildman–Crippen MR) is 170 cm³/mol. The lowest BCUT2D eigenvalue weighted by Gasteiger charge is -2.47. The molecule has 1 saturated heterocycles. The second kappa shape index (κ2) is 14.7. The van der Waals surface area contributed by atoms with Gasteiger partial charge in [-0.05, 0) is 75.4 Å². The molecule has 0 saturated carbocycles. The van der Waals surface area contributed by atoms with Crippen LogP contribution in [0, 0.1) is 6.92 Å². The number of hydrogen-bond acceptors (Lipinski definition) is 7. The number of amides is 1. The maximum absolute atomic E-state index is 13.6. The van der Waals surface area contributed by atoms with Gasteiger partial charge in [-0.1, -0.05) is 60.2 Å². The number of nitrogens with zero attached hydrogens (tertiary/aromatic N) is 1. The molecule has 8 nitrogen and oxygen atoms in total. The topological polar surface area (TPSA) is 117 Å². The number of benzene rings is 3. The fraction of sp³-hybridized carbons (Fsp3) is 0.406. The van der Waals surface area contributed by atoms with E-state index in [0.29, 0.717) is 49.6 Å². The summed E-state index contributed by atoms with van der Waals surface area (Å²) in [5, 5.41) is 20.9. The smallest absolute Gasteiger partial charge is 0.251 e. The Morgan fingerprint density at radius 3 is 2.46 bits per heavy atom. The number of aliphatic hydroxyl groups is 1. The molecular formula is C32H44N4O4S. The molecule has 2 atom stereocenters. The zero-order valence-electron chi connectivity index (χ0n) is 24.1. The number of rotatable bonds is 13. The third-order valence-electron chi connectivity index (χ3n) is 7.38. The molecule has 0 bridgehead atoms. The van der Waals surface area contributed by atoms with E-state index >= 15 is 0 Å². The van der Waals surface area contributed by atoms with Gasteiger partial charge in [0, 0.05) is 30.9 Å². The van der Waals surface area contributed by atoms with Gasteiger partial charge in [-0.25, -0.2) is 0 Å². The van der Waals surface area contributed by atoms with Gasteiger partial charge in [0.25, 0.3) is 5.91 Å². The van der Waals surface area contributed by atoms with Crippen molar-refractivity contribution in [3.8, 4) is 0 Å². The van der Waals surface area contributed by atoms with Crippen molar-refractivity contribution in [3.63, 3.8) is 0 Å². The van der Waals surface area contributed by atoms with Gasteiger partial charge in [-0.2, -0.15) is 0 Å². The Balaban J connectivity index is 1.48. The van der Waals surface area contributed by atoms with E-state index < -0.39 is 22.9 Å². The summed E-state index contributed by atoms with van der Waals surface area (Å²) >= 11 is 0. The van der Waals surface area contributed by atoms with Crippen LogP contribution in [-0.2, 0) is 12.8 Å². The van der Waals surface area contributed by atoms with E-state index in [2.05, 4.69) is 47.1 Å². The van der Waals surface area contributed by atoms with Gasteiger partial charge < -0.3 is 21.1 Å². The van der Waals surface area contributed by atoms with E-state index in [-0.39, 0.29) is 5.91 Å². The van der Waals surface area contributed by atoms with Crippen LogP contribution < -0.4 is 20.3 Å². The van der Waals surface area contributed by atoms with Crippen molar-refractivity contribution in [2.24, 2.45) is 0 Å². The van der Waals surface area contributed by atoms with Crippen LogP contribution >= 0.6 is 10.8 Å². The first-order valence-electron chi connectivity index (χ1n) is 14.5. The maximum Gasteiger partial charge on any atom is 0.251 e. The standard InChI is InChI=1S/C32H44N4O4S/c1-3-34-28-20-27(21-29(22-28)36-17-7-8-18-41(36,39)40)32(38)35-30(19-26-9-5-4-6-10-26)31(37)23-33-16-15-25-13-11-24(2)12-14-25/h4-6,9-14,20-22,30-31,33-34,37,39-40H,3,7-8,15-19,23H2,1-2H3,(H,35,38). The van der Waals surface area contributed by atoms with Gasteiger partial charge >= 0.3 is 0 Å². The van der Waals surface area contributed by atoms with E-state index in [9.17, 15) is 19.0 Å². The van der Waals surface area contributed by atoms with Crippen molar-refractivity contribution < 1.29 is 19.0 Å². The number of carbonyl (C=O) groups excluding carboxylic acids is 1. The van der Waals surface area contributed by atoms with E-state index in [0.717, 1.165) is 30.5 Å². The van der Waals surface area contributed by atoms with Crippen LogP contribution in [0.4, 0.5) is 11.4 Å². The van der Waals surface area contributed by atoms with Crippen LogP contribution in [0.25, 0.3) is 0 Å². The highest BCUT2D eigenvalue weighted by atomic mass is 32.3. The lowest BCUT2D eigenvalue weighted by Crippen LogP contribution is -2.49. The van der Waals surface area contributed by atoms with Crippen LogP contribution in [0.3, 0.4) is 0 Å². The van der Waals surface area contributed by atoms with Gasteiger partial charge in [0.15, 0.2) is 0 Å². The van der Waals surface area contributed by atoms with Crippen LogP contribution in [0.1, 0.15) is 46.8 Å². The average Bonchev–Trinajstić information content (AvgIpc) is 2.96. The fourth-order valence-corrected chi connectivity index (χ4v) is 6.76. The Kier molecular flexibility index (Phi) is 11.1. The van der Waals surface area contributed by atoms with Crippen molar-refractivity contribution in [3.05, 3.63) is 95.1 Å². The number of hydrogen-bond donors (Lipinski definition) is 6. The molecule has 222 valence electrons. The Morgan fingerprint density at radius 2 is 1.76 bits per heavy atom. The lowest BCUT2D eigenvalue weighted by molar-refractivity contribution is 0.0831. The molecule has 1 aliphatic rings. The quantitative estimate of drug-likeness (QED) is 0.153. The van der Waals surface area contributed by atoms with Gasteiger partial charge in [-0.3, -0.25) is 18.2 Å². The Bertz CT molecular complexity index is 1260. The molecule has 3 aromatic rings. The summed E-state index contributed by atoms with van der Waals surface area (Å²) in [5.74, 6) is 0.00139. The average molecular weight is 581 g/mol. The van der Waals surface area contributed by atoms with Gasteiger partial charge in [-0.15, -0.1) is 10.8 Å². The summed E-state index contributed by atoms with van der Waals surface area (Å²) in [4.78, 5) is 13.6. The molecule has 1 heterocycles. The second-order valence-corrected chi connectivity index (χ2v) is 12.8. The minimum Gasteiger partial charge on any atom is -0.390 e. The summed E-state index contributed by atoms with van der Waals surface area (Å²) < 4.78 is 23.1. The van der Waals surface area contributed by atoms with Crippen molar-refractivity contribution in [1.29, 1.82) is 0 Å². The van der Waals surface area contributed by atoms with E-state index in [1.165, 1.54) is 11.1 Å². The molecule has 3 aromatic carbocycles. The third kappa shape index (κ3) is 8.95. The molecule has 0 radical (unpaired) electrons. The summed E-state index contributed by atoms with van der Waals surface area (Å²) in [6, 6.07) is 23.0. The van der Waals surface area contributed by atoms with Crippen molar-refractivity contribution in [1.82, 2.24) is 10.6 Å². The van der Waals surface area contributed by atoms with E-state index in [4.69, 9.17) is 0 Å². The van der Waals surface area contributed by atoms with Crippen LogP contribution in [-0.4, -0.2) is 64.2 Å². The van der Waals surface area contributed by atoms with Crippen molar-refractivity contribution in [2.75, 3.05) is 41.6 Å². The molecule has 1 aliphatic heterocycles. The molecule has 9 heteroatoms. The molecule has 0 spiro atoms. The minimum absolute atomic E-state index is 0.320. The highest BCUT2D eigenvalue weighted by Gasteiger charge is 2.28. The first kappa shape index (κ1) is 30.9. The van der Waals surface area contributed by atoms with Gasteiger partial charge in [0.1, 0.15) is 0 Å². The van der Waals surface area contributed by atoms with Crippen LogP contribution in [0.15, 0.2) is 72.8 Å². The van der Waals surface area contributed by atoms with Crippen LogP contribution in [0.5, 0.6) is 0 Å². The molecule has 4 rings (SSSR count). The zero-order chi connectivity index (χ0) is 29.2. The lowest BCUT2D eigenvalue weighted by atomic mass is 10.00. The summed E-state index contributed by atoms with van der Waals surface area (Å²) in [6.07, 6.45) is 2.11. The van der Waals surface area contributed by atoms with Gasteiger partial charge in [0.05, 0.1) is 23.6 Å². The number of nitrogens with one attached hydrogen (secondary N) is 3. The number of anilines is 2. The Hall–Kier alpha value is -3.08. The predicted octanol–water partition coefficient (Wildman–Crippen LogP) is 5.23. The minimum atomic E-state index is -2.94. The number of aryl methyl sites for hydroxylation is 1. The Morgan fingerprint density at radius 1 is 1.00 bits per heavy atom. The molecule has 41 heavy (non-hydrogen) atoms. The highest BCUT2D eigenvalue weighted by Crippen LogP contribution is 2.50. The largest absolute Gasteiger partial charge is 0.390 e. The van der Waals surface area contributed by atoms with E-state index in [1.807, 2.05) is 43.3 Å². The summed E-state index contributed by atoms with van der Waals surface area (Å²) in [7, 11) is -2.94. The fourth-order valence-electron chi connectivity index (χ4n) is 5.08. The van der Waals surface area contributed by atoms with E-state index in [1.54, 1.807) is 16.4 Å². The van der Waals surface area contributed by atoms with Gasteiger partial charge in [0.2, 0.25) is 0 Å². The second-order valence-electron chi connectivity index (χ2n) is 10.7. The maximum atomic E-state index is 13.6. The first-order valence-corrected chi connectivity index (χ1v) is 16.1. The number of aliphatic hydroxyl groups excluding tert-OH is 1. The molecule has 2 unspecified atom stereocenters. The van der Waals surface area contributed by atoms with Crippen LogP contribution in [0.2, 0.25) is 0 Å². The normalized spacial score (nSPS) is 17.0. The summed E-state index contributed by atoms with van der Waals surface area (Å²) in [6.45, 7) is 6.26. The molecule has 1 fully saturated rings. The number of carbonyl (C=O) groups is 1. The van der Waals surface area contributed by atoms with Crippen molar-refractivity contribution in [2.45, 2.75) is 51.7 Å². The molecule has 0 aliphatic carbocycles.